The van der Waals surface area contributed by atoms with E-state index in [0.717, 1.165) is 0 Å². The lowest BCUT2D eigenvalue weighted by Crippen LogP contribution is -2.66. The van der Waals surface area contributed by atoms with Crippen LogP contribution in [0.3, 0.4) is 0 Å². The van der Waals surface area contributed by atoms with Gasteiger partial charge in [0.1, 0.15) is 61.5 Å². The number of aliphatic hydroxyl groups excluding tert-OH is 4. The van der Waals surface area contributed by atoms with Crippen molar-refractivity contribution in [1.29, 1.82) is 5.26 Å². The maximum Gasteiger partial charge on any atom is 0.338 e. The second-order valence-corrected chi connectivity index (χ2v) is 12.3. The van der Waals surface area contributed by atoms with Crippen molar-refractivity contribution in [2.75, 3.05) is 18.5 Å². The molecule has 270 valence electrons. The number of benzene rings is 3. The molecule has 3 aromatic carbocycles. The maximum absolute atomic E-state index is 12.8. The molecule has 3 heterocycles. The van der Waals surface area contributed by atoms with E-state index in [1.807, 2.05) is 24.3 Å². The molecule has 5 N–H and O–H groups in total. The molecular weight excluding hydrogens is 668 g/mol. The molecule has 3 aromatic rings. The fraction of sp³-hybridized carbons (Fsp3) is 0.417. The number of anilines is 1. The minimum absolute atomic E-state index is 0.0206. The largest absolute Gasteiger partial charge is 0.459 e. The van der Waals surface area contributed by atoms with Gasteiger partial charge in [-0.2, -0.15) is 5.26 Å². The van der Waals surface area contributed by atoms with E-state index in [2.05, 4.69) is 5.32 Å². The average molecular weight is 707 g/mol. The number of ether oxygens (including phenoxy) is 7. The topological polar surface area (TPSA) is 215 Å². The van der Waals surface area contributed by atoms with E-state index in [1.54, 1.807) is 48.5 Å². The van der Waals surface area contributed by atoms with Gasteiger partial charge in [-0.15, -0.1) is 0 Å². The van der Waals surface area contributed by atoms with Crippen LogP contribution in [0.4, 0.5) is 5.69 Å². The molecule has 6 rings (SSSR count). The lowest BCUT2D eigenvalue weighted by molar-refractivity contribution is -0.386. The summed E-state index contributed by atoms with van der Waals surface area (Å²) in [5.74, 6) is -1.08. The summed E-state index contributed by atoms with van der Waals surface area (Å²) in [5, 5.41) is 56.6. The van der Waals surface area contributed by atoms with E-state index >= 15 is 0 Å². The van der Waals surface area contributed by atoms with E-state index in [1.165, 1.54) is 19.1 Å². The average Bonchev–Trinajstić information content (AvgIpc) is 3.15. The molecule has 1 unspecified atom stereocenters. The third kappa shape index (κ3) is 8.43. The predicted molar refractivity (Wildman–Crippen MR) is 173 cm³/mol. The normalized spacial score (nSPS) is 31.9. The first-order chi connectivity index (χ1) is 24.6. The zero-order valence-electron chi connectivity index (χ0n) is 27.4. The van der Waals surface area contributed by atoms with E-state index < -0.39 is 80.3 Å². The Hall–Kier alpha value is -4.31. The maximum atomic E-state index is 12.8. The van der Waals surface area contributed by atoms with Crippen molar-refractivity contribution in [3.05, 3.63) is 101 Å². The van der Waals surface area contributed by atoms with Gasteiger partial charge in [0.15, 0.2) is 18.9 Å². The van der Waals surface area contributed by atoms with Gasteiger partial charge >= 0.3 is 5.97 Å². The second-order valence-electron chi connectivity index (χ2n) is 12.3. The molecule has 3 fully saturated rings. The zero-order valence-corrected chi connectivity index (χ0v) is 27.4. The molecule has 15 nitrogen and oxygen atoms in total. The summed E-state index contributed by atoms with van der Waals surface area (Å²) < 4.78 is 41.0. The van der Waals surface area contributed by atoms with E-state index in [9.17, 15) is 35.3 Å². The van der Waals surface area contributed by atoms with Gasteiger partial charge in [-0.1, -0.05) is 54.6 Å². The highest BCUT2D eigenvalue weighted by atomic mass is 16.8. The van der Waals surface area contributed by atoms with Crippen molar-refractivity contribution in [2.45, 2.75) is 81.2 Å². The summed E-state index contributed by atoms with van der Waals surface area (Å²) >= 11 is 0. The highest BCUT2D eigenvalue weighted by Gasteiger charge is 2.53. The number of fused-ring (bicyclic) bond motifs is 1. The highest BCUT2D eigenvalue weighted by Crippen LogP contribution is 2.36. The lowest BCUT2D eigenvalue weighted by atomic mass is 9.96. The van der Waals surface area contributed by atoms with Gasteiger partial charge in [0.2, 0.25) is 5.91 Å². The van der Waals surface area contributed by atoms with Crippen LogP contribution in [0.5, 0.6) is 0 Å². The van der Waals surface area contributed by atoms with Crippen molar-refractivity contribution in [1.82, 2.24) is 0 Å². The number of hydrogen-bond donors (Lipinski definition) is 5. The summed E-state index contributed by atoms with van der Waals surface area (Å²) in [6.45, 7) is 0.620. The number of aliphatic hydroxyl groups is 4. The minimum Gasteiger partial charge on any atom is -0.459 e. The number of amides is 1. The van der Waals surface area contributed by atoms with Crippen LogP contribution in [-0.2, 0) is 44.6 Å². The fourth-order valence-electron chi connectivity index (χ4n) is 6.04. The molecule has 0 bridgehead atoms. The highest BCUT2D eigenvalue weighted by molar-refractivity contribution is 5.90. The van der Waals surface area contributed by atoms with Gasteiger partial charge in [0, 0.05) is 12.5 Å². The van der Waals surface area contributed by atoms with Gasteiger partial charge in [0.25, 0.3) is 0 Å². The Bertz CT molecular complexity index is 1690. The minimum atomic E-state index is -1.73. The standard InChI is InChI=1S/C36H38N2O13/c1-19(39)38-24-14-20(12-13-23(24)15-37)16-46-35-29(42)27(40)32(25(48-35)17-45-33(44)21-8-4-2-5-9-21)51-36-30(43)28(41)31-26(49-36)18-47-34(50-31)22-10-6-3-7-11-22/h2-14,25-32,34-36,40-43H,16-18H2,1H3,(H,38,39)/t25-,26-,27-,28-,29-,30-,31-,32-,34?,35-,36-/m1/s1. The van der Waals surface area contributed by atoms with Crippen LogP contribution in [0.2, 0.25) is 0 Å². The third-order valence-electron chi connectivity index (χ3n) is 8.65. The Labute approximate surface area is 292 Å². The van der Waals surface area contributed by atoms with Gasteiger partial charge in [-0.3, -0.25) is 4.79 Å². The van der Waals surface area contributed by atoms with Crippen LogP contribution in [0.25, 0.3) is 0 Å². The monoisotopic (exact) mass is 706 g/mol. The second kappa shape index (κ2) is 16.4. The first-order valence-corrected chi connectivity index (χ1v) is 16.3. The van der Waals surface area contributed by atoms with Crippen LogP contribution in [0.1, 0.15) is 40.3 Å². The van der Waals surface area contributed by atoms with Gasteiger partial charge < -0.3 is 58.9 Å². The molecule has 3 aliphatic heterocycles. The Morgan fingerprint density at radius 3 is 2.29 bits per heavy atom. The van der Waals surface area contributed by atoms with Gasteiger partial charge in [0.05, 0.1) is 30.0 Å². The number of nitrogens with one attached hydrogen (secondary N) is 1. The van der Waals surface area contributed by atoms with Crippen LogP contribution < -0.4 is 5.32 Å². The SMILES string of the molecule is CC(=O)Nc1cc(CO[C@@H]2O[C@H](COC(=O)c3ccccc3)[C@@H](O[C@H]3O[C@@H]4COC(c5ccccc5)O[C@H]4[C@H](O)[C@H]3O)[C@H](O)[C@H]2O)ccc1C#N. The van der Waals surface area contributed by atoms with Crippen LogP contribution in [0, 0.1) is 11.3 Å². The summed E-state index contributed by atoms with van der Waals surface area (Å²) in [4.78, 5) is 24.5. The molecule has 0 aromatic heterocycles. The first kappa shape index (κ1) is 36.5. The van der Waals surface area contributed by atoms with E-state index in [0.29, 0.717) is 11.1 Å². The summed E-state index contributed by atoms with van der Waals surface area (Å²) in [6, 6.07) is 23.8. The molecular formula is C36H38N2O13. The number of nitrogens with zero attached hydrogens (tertiary/aromatic N) is 1. The Balaban J connectivity index is 1.16. The molecule has 15 heteroatoms. The molecule has 0 spiro atoms. The Kier molecular flexibility index (Phi) is 11.7. The van der Waals surface area contributed by atoms with Gasteiger partial charge in [-0.05, 0) is 29.8 Å². The number of hydrogen-bond acceptors (Lipinski definition) is 14. The number of rotatable bonds is 10. The molecule has 1 amide bonds. The molecule has 0 aliphatic carbocycles. The van der Waals surface area contributed by atoms with Crippen LogP contribution in [0.15, 0.2) is 78.9 Å². The molecule has 11 atom stereocenters. The molecule has 51 heavy (non-hydrogen) atoms. The summed E-state index contributed by atoms with van der Waals surface area (Å²) in [6.07, 6.45) is -15.0. The molecule has 3 saturated heterocycles. The third-order valence-corrected chi connectivity index (χ3v) is 8.65. The molecule has 0 saturated carbocycles. The molecule has 0 radical (unpaired) electrons. The van der Waals surface area contributed by atoms with Crippen LogP contribution in [-0.4, -0.2) is 107 Å². The van der Waals surface area contributed by atoms with E-state index in [4.69, 9.17) is 33.2 Å². The van der Waals surface area contributed by atoms with Crippen molar-refractivity contribution >= 4 is 17.6 Å². The Morgan fingerprint density at radius 1 is 0.882 bits per heavy atom. The van der Waals surface area contributed by atoms with Crippen molar-refractivity contribution in [3.8, 4) is 6.07 Å². The first-order valence-electron chi connectivity index (χ1n) is 16.3. The zero-order chi connectivity index (χ0) is 36.1. The van der Waals surface area contributed by atoms with Gasteiger partial charge in [-0.25, -0.2) is 4.79 Å². The number of esters is 1. The lowest BCUT2D eigenvalue weighted by Gasteiger charge is -2.48. The van der Waals surface area contributed by atoms with Crippen LogP contribution >= 0.6 is 0 Å². The Morgan fingerprint density at radius 2 is 1.59 bits per heavy atom. The molecule has 3 aliphatic rings. The van der Waals surface area contributed by atoms with Crippen molar-refractivity contribution < 1.29 is 63.2 Å². The quantitative estimate of drug-likeness (QED) is 0.188. The fourth-order valence-corrected chi connectivity index (χ4v) is 6.04. The summed E-state index contributed by atoms with van der Waals surface area (Å²) in [5.41, 5.74) is 1.95. The number of carbonyl (C=O) groups excluding carboxylic acids is 2. The predicted octanol–water partition coefficient (Wildman–Crippen LogP) is 1.28. The summed E-state index contributed by atoms with van der Waals surface area (Å²) in [7, 11) is 0. The van der Waals surface area contributed by atoms with Crippen molar-refractivity contribution in [2.24, 2.45) is 0 Å². The van der Waals surface area contributed by atoms with E-state index in [-0.39, 0.29) is 35.9 Å². The number of nitriles is 1. The van der Waals surface area contributed by atoms with Crippen molar-refractivity contribution in [3.63, 3.8) is 0 Å². The smallest absolute Gasteiger partial charge is 0.338 e. The number of carbonyl (C=O) groups is 2.